The predicted molar refractivity (Wildman–Crippen MR) is 225 cm³/mol. The molecule has 9 atom stereocenters. The Hall–Kier alpha value is -6.03. The van der Waals surface area contributed by atoms with E-state index < -0.39 is 88.8 Å². The number of methoxy groups -OCH3 is 1. The van der Waals surface area contributed by atoms with Crippen LogP contribution in [0.5, 0.6) is 23.0 Å². The lowest BCUT2D eigenvalue weighted by atomic mass is 9.78. The van der Waals surface area contributed by atoms with Crippen molar-refractivity contribution in [2.45, 2.75) is 85.6 Å². The van der Waals surface area contributed by atoms with E-state index in [1.165, 1.54) is 59.4 Å². The third kappa shape index (κ3) is 8.93. The van der Waals surface area contributed by atoms with Gasteiger partial charge in [-0.25, -0.2) is 0 Å². The molecule has 15 nitrogen and oxygen atoms in total. The normalized spacial score (nSPS) is 29.9. The minimum atomic E-state index is -2.07. The fourth-order valence-electron chi connectivity index (χ4n) is 7.60. The van der Waals surface area contributed by atoms with E-state index in [-0.39, 0.29) is 44.5 Å². The first-order valence-corrected chi connectivity index (χ1v) is 19.5. The number of aliphatic hydroxyl groups is 2. The van der Waals surface area contributed by atoms with Crippen LogP contribution in [-0.2, 0) is 23.8 Å². The van der Waals surface area contributed by atoms with Gasteiger partial charge in [0.2, 0.25) is 0 Å². The number of carbonyl (C=O) groups excluding carboxylic acids is 3. The van der Waals surface area contributed by atoms with Crippen LogP contribution in [0.25, 0.3) is 10.8 Å². The number of aromatic hydroxyl groups is 3. The fraction of sp³-hybridized carbons (Fsp3) is 0.400. The van der Waals surface area contributed by atoms with Gasteiger partial charge in [0.25, 0.3) is 11.7 Å². The number of amides is 1. The Morgan fingerprint density at radius 2 is 1.55 bits per heavy atom. The summed E-state index contributed by atoms with van der Waals surface area (Å²) in [6.07, 6.45) is 5.95. The topological polar surface area (TPSA) is 226 Å². The molecular weight excluding hydrogens is 775 g/mol. The lowest BCUT2D eigenvalue weighted by Crippen LogP contribution is -2.46. The van der Waals surface area contributed by atoms with Gasteiger partial charge in [0.15, 0.2) is 5.75 Å². The molecule has 0 spiro atoms. The summed E-state index contributed by atoms with van der Waals surface area (Å²) in [6.45, 7) is 12.4. The van der Waals surface area contributed by atoms with E-state index in [2.05, 4.69) is 15.5 Å². The molecule has 6 rings (SSSR count). The van der Waals surface area contributed by atoms with Crippen LogP contribution in [-0.4, -0.2) is 92.9 Å². The number of Topliss-reactive ketones (excluding diaryl/α,β-unsaturated/α-hetero) is 1. The van der Waals surface area contributed by atoms with Gasteiger partial charge in [0.05, 0.1) is 59.2 Å². The molecule has 6 N–H and O–H groups in total. The smallest absolute Gasteiger partial charge is 0.312 e. The molecule has 60 heavy (non-hydrogen) atoms. The highest BCUT2D eigenvalue weighted by atomic mass is 16.7. The lowest BCUT2D eigenvalue weighted by Gasteiger charge is -2.38. The monoisotopic (exact) mass is 827 g/mol. The molecule has 3 aromatic carbocycles. The van der Waals surface area contributed by atoms with E-state index >= 15 is 0 Å². The van der Waals surface area contributed by atoms with Gasteiger partial charge in [-0.05, 0) is 25.5 Å². The Kier molecular flexibility index (Phi) is 13.9. The third-order valence-electron chi connectivity index (χ3n) is 11.3. The van der Waals surface area contributed by atoms with E-state index in [1.54, 1.807) is 52.0 Å². The molecule has 5 bridgehead atoms. The molecule has 15 heteroatoms. The summed E-state index contributed by atoms with van der Waals surface area (Å²) in [7, 11) is 1.43. The van der Waals surface area contributed by atoms with Crippen molar-refractivity contribution >= 4 is 46.5 Å². The Balaban J connectivity index is 1.71. The molecule has 0 saturated heterocycles. The SMILES string of the molecule is COC1/C=C\OC2(C)Oc3c(C)c(O)c4c(O)c(c(/C=N\N=C\c5ccccc5)c(O)c4c3C2=O)NC(=O)/C(C)=C\C=C/C(C)C(O)C(C)C(O)C(C)C(OC(C)=O)C1C. The number of phenolic OH excluding ortho intramolecular Hbond substituents is 3. The molecule has 3 heterocycles. The van der Waals surface area contributed by atoms with Crippen molar-refractivity contribution in [2.24, 2.45) is 33.9 Å². The summed E-state index contributed by atoms with van der Waals surface area (Å²) in [5.74, 6) is -8.71. The number of carbonyl (C=O) groups is 3. The number of ketones is 1. The average Bonchev–Trinajstić information content (AvgIpc) is 3.48. The Morgan fingerprint density at radius 3 is 2.20 bits per heavy atom. The summed E-state index contributed by atoms with van der Waals surface area (Å²) in [5, 5.41) is 68.3. The van der Waals surface area contributed by atoms with Gasteiger partial charge in [0.1, 0.15) is 23.4 Å². The summed E-state index contributed by atoms with van der Waals surface area (Å²) in [6, 6.07) is 9.03. The minimum Gasteiger partial charge on any atom is -0.507 e. The van der Waals surface area contributed by atoms with Crippen molar-refractivity contribution in [3.63, 3.8) is 0 Å². The molecule has 0 saturated carbocycles. The van der Waals surface area contributed by atoms with E-state index in [1.807, 2.05) is 18.2 Å². The van der Waals surface area contributed by atoms with Gasteiger partial charge in [-0.15, -0.1) is 0 Å². The van der Waals surface area contributed by atoms with Crippen LogP contribution in [0.15, 0.2) is 76.7 Å². The van der Waals surface area contributed by atoms with E-state index in [0.717, 1.165) is 6.21 Å². The molecule has 0 aromatic heterocycles. The molecular formula is C45H53N3O12. The first-order valence-electron chi connectivity index (χ1n) is 19.5. The number of phenols is 3. The number of fused-ring (bicyclic) bond motifs is 14. The molecule has 3 aliphatic heterocycles. The van der Waals surface area contributed by atoms with Crippen LogP contribution in [0.3, 0.4) is 0 Å². The van der Waals surface area contributed by atoms with E-state index in [4.69, 9.17) is 18.9 Å². The lowest BCUT2D eigenvalue weighted by molar-refractivity contribution is -0.160. The zero-order valence-electron chi connectivity index (χ0n) is 35.0. The van der Waals surface area contributed by atoms with Gasteiger partial charge in [-0.3, -0.25) is 14.4 Å². The number of aliphatic hydroxyl groups excluding tert-OH is 2. The van der Waals surface area contributed by atoms with Crippen LogP contribution in [0.4, 0.5) is 5.69 Å². The Bertz CT molecular complexity index is 2280. The highest BCUT2D eigenvalue weighted by molar-refractivity contribution is 6.23. The summed E-state index contributed by atoms with van der Waals surface area (Å²) < 4.78 is 23.5. The summed E-state index contributed by atoms with van der Waals surface area (Å²) >= 11 is 0. The van der Waals surface area contributed by atoms with Crippen LogP contribution in [0.1, 0.15) is 75.5 Å². The summed E-state index contributed by atoms with van der Waals surface area (Å²) in [5.41, 5.74) is 0.0665. The first kappa shape index (κ1) is 45.1. The van der Waals surface area contributed by atoms with Crippen LogP contribution in [0.2, 0.25) is 0 Å². The second-order valence-corrected chi connectivity index (χ2v) is 15.5. The van der Waals surface area contributed by atoms with Crippen molar-refractivity contribution < 1.29 is 58.9 Å². The second-order valence-electron chi connectivity index (χ2n) is 15.5. The molecule has 0 fully saturated rings. The summed E-state index contributed by atoms with van der Waals surface area (Å²) in [4.78, 5) is 40.4. The van der Waals surface area contributed by atoms with Crippen LogP contribution < -0.4 is 10.1 Å². The predicted octanol–water partition coefficient (Wildman–Crippen LogP) is 6.21. The minimum absolute atomic E-state index is 0.0282. The van der Waals surface area contributed by atoms with E-state index in [0.29, 0.717) is 5.56 Å². The maximum absolute atomic E-state index is 14.4. The zero-order valence-corrected chi connectivity index (χ0v) is 35.0. The molecule has 3 aromatic rings. The van der Waals surface area contributed by atoms with Gasteiger partial charge < -0.3 is 49.8 Å². The second kappa shape index (κ2) is 18.5. The number of ether oxygens (including phenoxy) is 4. The number of nitrogens with one attached hydrogen (secondary N) is 1. The molecule has 320 valence electrons. The van der Waals surface area contributed by atoms with Crippen molar-refractivity contribution in [3.8, 4) is 23.0 Å². The fourth-order valence-corrected chi connectivity index (χ4v) is 7.60. The highest BCUT2D eigenvalue weighted by Crippen LogP contribution is 2.55. The molecule has 3 aliphatic rings. The van der Waals surface area contributed by atoms with Gasteiger partial charge in [-0.2, -0.15) is 10.2 Å². The Morgan fingerprint density at radius 1 is 0.883 bits per heavy atom. The average molecular weight is 828 g/mol. The maximum Gasteiger partial charge on any atom is 0.312 e. The number of rotatable bonds is 5. The van der Waals surface area contributed by atoms with Crippen molar-refractivity contribution in [1.29, 1.82) is 0 Å². The van der Waals surface area contributed by atoms with Crippen molar-refractivity contribution in [2.75, 3.05) is 12.4 Å². The number of hydrogen-bond acceptors (Lipinski definition) is 14. The van der Waals surface area contributed by atoms with Crippen molar-refractivity contribution in [1.82, 2.24) is 0 Å². The largest absolute Gasteiger partial charge is 0.507 e. The van der Waals surface area contributed by atoms with E-state index in [9.17, 15) is 39.9 Å². The molecule has 0 aliphatic carbocycles. The number of benzene rings is 3. The van der Waals surface area contributed by atoms with Crippen molar-refractivity contribution in [3.05, 3.63) is 88.7 Å². The molecule has 0 radical (unpaired) electrons. The molecule has 9 unspecified atom stereocenters. The third-order valence-corrected chi connectivity index (χ3v) is 11.3. The Labute approximate surface area is 348 Å². The zero-order chi connectivity index (χ0) is 44.2. The maximum atomic E-state index is 14.4. The highest BCUT2D eigenvalue weighted by Gasteiger charge is 2.50. The number of esters is 1. The van der Waals surface area contributed by atoms with Crippen LogP contribution >= 0.6 is 0 Å². The quantitative estimate of drug-likeness (QED) is 0.0555. The standard InChI is InChI=1S/C45H53N3O12/c1-22-14-13-15-23(2)44(56)48-35-30(21-47-46-20-29-16-11-10-12-17-29)39(53)32-33(40(35)54)38(52)27(6)42-34(32)43(55)45(8,60-42)58-19-18-31(57-9)24(3)41(59-28(7)49)26(5)37(51)25(4)36(22)50/h10-22,24-26,31,36-37,41,50-54H,1-9H3,(H,48,56)/b14-13-,19-18-,23-15-,46-20+,47-21-. The van der Waals surface area contributed by atoms with Gasteiger partial charge in [0, 0.05) is 61.2 Å². The number of anilines is 1. The van der Waals surface area contributed by atoms with Crippen LogP contribution in [0, 0.1) is 30.6 Å². The first-order chi connectivity index (χ1) is 28.3. The number of nitrogens with zero attached hydrogens (tertiary/aromatic N) is 2. The number of hydrogen-bond donors (Lipinski definition) is 6. The molecule has 1 amide bonds. The number of allylic oxidation sites excluding steroid dienone is 2. The van der Waals surface area contributed by atoms with Gasteiger partial charge >= 0.3 is 11.8 Å². The van der Waals surface area contributed by atoms with Gasteiger partial charge in [-0.1, -0.05) is 76.3 Å².